The number of hydrogen-bond donors (Lipinski definition) is 1. The molecule has 0 aliphatic heterocycles. The molecule has 4 heteroatoms. The van der Waals surface area contributed by atoms with Crippen molar-refractivity contribution in [3.63, 3.8) is 0 Å². The molecule has 1 N–H and O–H groups in total. The van der Waals surface area contributed by atoms with Gasteiger partial charge in [0.15, 0.2) is 17.3 Å². The van der Waals surface area contributed by atoms with Crippen LogP contribution >= 0.6 is 0 Å². The highest BCUT2D eigenvalue weighted by molar-refractivity contribution is 5.98. The van der Waals surface area contributed by atoms with Gasteiger partial charge in [0.2, 0.25) is 5.82 Å². The number of halogens is 1. The van der Waals surface area contributed by atoms with Crippen molar-refractivity contribution in [2.24, 2.45) is 5.92 Å². The van der Waals surface area contributed by atoms with Crippen LogP contribution in [0.15, 0.2) is 36.4 Å². The van der Waals surface area contributed by atoms with Crippen LogP contribution in [0.1, 0.15) is 80.8 Å². The zero-order valence-corrected chi connectivity index (χ0v) is 18.0. The van der Waals surface area contributed by atoms with Crippen LogP contribution in [-0.4, -0.2) is 17.5 Å². The Morgan fingerprint density at radius 2 is 1.76 bits per heavy atom. The Kier molecular flexibility index (Phi) is 8.69. The average molecular weight is 401 g/mol. The summed E-state index contributed by atoms with van der Waals surface area (Å²) < 4.78 is 19.3. The van der Waals surface area contributed by atoms with E-state index in [4.69, 9.17) is 4.74 Å². The normalized spacial score (nSPS) is 13.1. The molecule has 3 nitrogen and oxygen atoms in total. The number of ketones is 1. The molecule has 2 aromatic carbocycles. The highest BCUT2D eigenvalue weighted by atomic mass is 19.1. The van der Waals surface area contributed by atoms with E-state index in [0.29, 0.717) is 12.5 Å². The fourth-order valence-corrected chi connectivity index (χ4v) is 3.57. The Balaban J connectivity index is 1.90. The summed E-state index contributed by atoms with van der Waals surface area (Å²) >= 11 is 0. The van der Waals surface area contributed by atoms with Crippen LogP contribution in [0.25, 0.3) is 0 Å². The van der Waals surface area contributed by atoms with Crippen LogP contribution in [0.4, 0.5) is 4.39 Å². The number of carbonyl (C=O) groups excluding carboxylic acids is 1. The lowest BCUT2D eigenvalue weighted by molar-refractivity contribution is 0.0958. The van der Waals surface area contributed by atoms with E-state index in [1.165, 1.54) is 23.3 Å². The molecule has 2 aromatic rings. The maximum atomic E-state index is 14.1. The Morgan fingerprint density at radius 1 is 1.07 bits per heavy atom. The van der Waals surface area contributed by atoms with Crippen molar-refractivity contribution in [2.45, 2.75) is 65.7 Å². The number of phenols is 1. The first-order valence-corrected chi connectivity index (χ1v) is 10.6. The fourth-order valence-electron chi connectivity index (χ4n) is 3.57. The molecule has 0 heterocycles. The van der Waals surface area contributed by atoms with Gasteiger partial charge in [-0.1, -0.05) is 51.5 Å². The van der Waals surface area contributed by atoms with Gasteiger partial charge in [0.25, 0.3) is 0 Å². The third kappa shape index (κ3) is 6.31. The second-order valence-electron chi connectivity index (χ2n) is 7.91. The van der Waals surface area contributed by atoms with Gasteiger partial charge in [0.05, 0.1) is 12.2 Å². The van der Waals surface area contributed by atoms with Gasteiger partial charge < -0.3 is 9.84 Å². The third-order valence-corrected chi connectivity index (χ3v) is 5.39. The molecule has 0 aliphatic carbocycles. The van der Waals surface area contributed by atoms with Crippen molar-refractivity contribution in [3.8, 4) is 11.5 Å². The summed E-state index contributed by atoms with van der Waals surface area (Å²) in [6.07, 6.45) is 4.40. The van der Waals surface area contributed by atoms with Crippen molar-refractivity contribution in [1.29, 1.82) is 0 Å². The number of ether oxygens (including phenoxy) is 1. The number of carbonyl (C=O) groups is 1. The highest BCUT2D eigenvalue weighted by Crippen LogP contribution is 2.32. The maximum absolute atomic E-state index is 14.1. The smallest absolute Gasteiger partial charge is 0.207 e. The number of phenolic OH excluding ortho intramolecular Hbond substituents is 1. The summed E-state index contributed by atoms with van der Waals surface area (Å²) in [6.45, 7) is 8.44. The van der Waals surface area contributed by atoms with Gasteiger partial charge in [-0.05, 0) is 61.3 Å². The van der Waals surface area contributed by atoms with Crippen LogP contribution in [-0.2, 0) is 6.42 Å². The molecule has 0 bridgehead atoms. The predicted molar refractivity (Wildman–Crippen MR) is 115 cm³/mol. The lowest BCUT2D eigenvalue weighted by Gasteiger charge is -2.16. The maximum Gasteiger partial charge on any atom is 0.207 e. The molecule has 0 amide bonds. The number of Topliss-reactive ketones (excluding diaryl/α,β-unsaturated/α-hetero) is 1. The van der Waals surface area contributed by atoms with Crippen LogP contribution < -0.4 is 4.74 Å². The molecule has 2 rings (SSSR count). The van der Waals surface area contributed by atoms with E-state index < -0.39 is 11.6 Å². The molecule has 0 radical (unpaired) electrons. The first-order chi connectivity index (χ1) is 13.9. The largest absolute Gasteiger partial charge is 0.504 e. The Morgan fingerprint density at radius 3 is 2.38 bits per heavy atom. The SMILES string of the molecule is CCCc1ccc(C(C)CCC(C)CC(=O)c2ccc(OCC)c(F)c2O)cc1. The molecular formula is C25H33FO3. The molecular weight excluding hydrogens is 367 g/mol. The van der Waals surface area contributed by atoms with E-state index >= 15 is 0 Å². The number of aryl methyl sites for hydroxylation is 1. The molecule has 0 fully saturated rings. The molecule has 0 aromatic heterocycles. The lowest BCUT2D eigenvalue weighted by atomic mass is 9.89. The van der Waals surface area contributed by atoms with E-state index in [1.807, 2.05) is 6.92 Å². The standard InChI is InChI=1S/C25H33FO3/c1-5-7-19-10-12-20(13-11-19)18(4)9-8-17(3)16-22(27)21-14-15-23(29-6-2)24(26)25(21)28/h10-15,17-18,28H,5-9,16H2,1-4H3. The second kappa shape index (κ2) is 11.0. The van der Waals surface area contributed by atoms with E-state index in [9.17, 15) is 14.3 Å². The first kappa shape index (κ1) is 22.9. The van der Waals surface area contributed by atoms with E-state index in [1.54, 1.807) is 6.92 Å². The van der Waals surface area contributed by atoms with E-state index in [-0.39, 0.29) is 29.4 Å². The van der Waals surface area contributed by atoms with Crippen molar-refractivity contribution in [1.82, 2.24) is 0 Å². The molecule has 2 unspecified atom stereocenters. The Labute approximate surface area is 173 Å². The minimum Gasteiger partial charge on any atom is -0.504 e. The summed E-state index contributed by atoms with van der Waals surface area (Å²) in [7, 11) is 0. The summed E-state index contributed by atoms with van der Waals surface area (Å²) in [4.78, 5) is 12.5. The first-order valence-electron chi connectivity index (χ1n) is 10.6. The molecule has 0 saturated carbocycles. The lowest BCUT2D eigenvalue weighted by Crippen LogP contribution is -2.09. The van der Waals surface area contributed by atoms with Crippen LogP contribution in [0.5, 0.6) is 11.5 Å². The van der Waals surface area contributed by atoms with Crippen molar-refractivity contribution in [3.05, 3.63) is 58.9 Å². The van der Waals surface area contributed by atoms with Gasteiger partial charge in [0.1, 0.15) is 0 Å². The van der Waals surface area contributed by atoms with Gasteiger partial charge in [0, 0.05) is 6.42 Å². The Hall–Kier alpha value is -2.36. The van der Waals surface area contributed by atoms with Gasteiger partial charge in [-0.15, -0.1) is 0 Å². The number of aromatic hydroxyl groups is 1. The highest BCUT2D eigenvalue weighted by Gasteiger charge is 2.20. The summed E-state index contributed by atoms with van der Waals surface area (Å²) in [6, 6.07) is 11.6. The fraction of sp³-hybridized carbons (Fsp3) is 0.480. The molecule has 2 atom stereocenters. The predicted octanol–water partition coefficient (Wildman–Crippen LogP) is 6.68. The molecule has 0 saturated heterocycles. The van der Waals surface area contributed by atoms with Crippen LogP contribution in [0.2, 0.25) is 0 Å². The van der Waals surface area contributed by atoms with Gasteiger partial charge in [-0.25, -0.2) is 0 Å². The van der Waals surface area contributed by atoms with Crippen molar-refractivity contribution < 1.29 is 19.0 Å². The average Bonchev–Trinajstić information content (AvgIpc) is 2.70. The van der Waals surface area contributed by atoms with Crippen molar-refractivity contribution >= 4 is 5.78 Å². The third-order valence-electron chi connectivity index (χ3n) is 5.39. The quantitative estimate of drug-likeness (QED) is 0.428. The van der Waals surface area contributed by atoms with Gasteiger partial charge in [-0.3, -0.25) is 4.79 Å². The Bertz CT molecular complexity index is 798. The van der Waals surface area contributed by atoms with Gasteiger partial charge >= 0.3 is 0 Å². The number of hydrogen-bond acceptors (Lipinski definition) is 3. The number of benzene rings is 2. The van der Waals surface area contributed by atoms with E-state index in [2.05, 4.69) is 38.1 Å². The number of rotatable bonds is 11. The minimum absolute atomic E-state index is 0.0253. The zero-order chi connectivity index (χ0) is 21.4. The van der Waals surface area contributed by atoms with Crippen LogP contribution in [0, 0.1) is 11.7 Å². The molecule has 0 spiro atoms. The van der Waals surface area contributed by atoms with Crippen molar-refractivity contribution in [2.75, 3.05) is 6.61 Å². The zero-order valence-electron chi connectivity index (χ0n) is 18.0. The van der Waals surface area contributed by atoms with Crippen LogP contribution in [0.3, 0.4) is 0 Å². The second-order valence-corrected chi connectivity index (χ2v) is 7.91. The van der Waals surface area contributed by atoms with Gasteiger partial charge in [-0.2, -0.15) is 4.39 Å². The summed E-state index contributed by atoms with van der Waals surface area (Å²) in [5, 5.41) is 10.0. The topological polar surface area (TPSA) is 46.5 Å². The molecule has 158 valence electrons. The summed E-state index contributed by atoms with van der Waals surface area (Å²) in [5.41, 5.74) is 2.71. The molecule has 0 aliphatic rings. The summed E-state index contributed by atoms with van der Waals surface area (Å²) in [5.74, 6) is -1.20. The monoisotopic (exact) mass is 400 g/mol. The van der Waals surface area contributed by atoms with E-state index in [0.717, 1.165) is 25.7 Å². The molecule has 29 heavy (non-hydrogen) atoms. The minimum atomic E-state index is -0.870.